The molecule has 0 radical (unpaired) electrons. The minimum Gasteiger partial charge on any atom is -0.481 e. The first-order valence-electron chi connectivity index (χ1n) is 3.75. The van der Waals surface area contributed by atoms with E-state index in [0.717, 1.165) is 5.56 Å². The predicted octanol–water partition coefficient (Wildman–Crippen LogP) is 1.71. The fourth-order valence-corrected chi connectivity index (χ4v) is 1.00. The Morgan fingerprint density at radius 1 is 1.38 bits per heavy atom. The van der Waals surface area contributed by atoms with Gasteiger partial charge in [0.05, 0.1) is 0 Å². The number of para-hydroxylation sites is 1. The van der Waals surface area contributed by atoms with Crippen molar-refractivity contribution in [2.45, 2.75) is 12.8 Å². The molecule has 0 saturated heterocycles. The van der Waals surface area contributed by atoms with Crippen LogP contribution in [0, 0.1) is 0 Å². The van der Waals surface area contributed by atoms with Gasteiger partial charge in [0.1, 0.15) is 0 Å². The van der Waals surface area contributed by atoms with Crippen LogP contribution >= 0.6 is 12.4 Å². The smallest absolute Gasteiger partial charge is 0.303 e. The quantitative estimate of drug-likeness (QED) is 0.732. The summed E-state index contributed by atoms with van der Waals surface area (Å²) in [6.45, 7) is 0. The van der Waals surface area contributed by atoms with E-state index in [1.54, 1.807) is 6.07 Å². The summed E-state index contributed by atoms with van der Waals surface area (Å²) in [5.74, 6) is -0.793. The number of halogens is 1. The van der Waals surface area contributed by atoms with Gasteiger partial charge >= 0.3 is 5.97 Å². The van der Waals surface area contributed by atoms with Gasteiger partial charge in [-0.15, -0.1) is 12.4 Å². The predicted molar refractivity (Wildman–Crippen MR) is 54.1 cm³/mol. The molecule has 0 saturated carbocycles. The topological polar surface area (TPSA) is 63.3 Å². The maximum atomic E-state index is 10.2. The normalized spacial score (nSPS) is 8.92. The Kier molecular flexibility index (Phi) is 4.92. The molecule has 4 heteroatoms. The zero-order valence-corrected chi connectivity index (χ0v) is 7.88. The number of hydrogen-bond donors (Lipinski definition) is 2. The van der Waals surface area contributed by atoms with Crippen LogP contribution in [0.2, 0.25) is 0 Å². The number of hydrogen-bond acceptors (Lipinski definition) is 2. The highest BCUT2D eigenvalue weighted by molar-refractivity contribution is 5.85. The second-order valence-corrected chi connectivity index (χ2v) is 2.59. The van der Waals surface area contributed by atoms with Gasteiger partial charge in [-0.05, 0) is 18.1 Å². The van der Waals surface area contributed by atoms with Gasteiger partial charge in [-0.1, -0.05) is 18.2 Å². The van der Waals surface area contributed by atoms with Crippen LogP contribution in [-0.2, 0) is 11.2 Å². The highest BCUT2D eigenvalue weighted by atomic mass is 35.5. The molecule has 0 amide bonds. The van der Waals surface area contributed by atoms with Gasteiger partial charge in [-0.3, -0.25) is 4.79 Å². The van der Waals surface area contributed by atoms with Gasteiger partial charge in [0, 0.05) is 12.1 Å². The zero-order chi connectivity index (χ0) is 8.97. The molecule has 0 aromatic heterocycles. The number of benzene rings is 1. The van der Waals surface area contributed by atoms with Crippen molar-refractivity contribution in [1.29, 1.82) is 0 Å². The summed E-state index contributed by atoms with van der Waals surface area (Å²) in [7, 11) is 0. The first kappa shape index (κ1) is 11.8. The molecule has 0 aliphatic heterocycles. The van der Waals surface area contributed by atoms with E-state index in [-0.39, 0.29) is 18.8 Å². The second-order valence-electron chi connectivity index (χ2n) is 2.59. The first-order valence-corrected chi connectivity index (χ1v) is 3.75. The van der Waals surface area contributed by atoms with Gasteiger partial charge in [-0.2, -0.15) is 0 Å². The van der Waals surface area contributed by atoms with Crippen molar-refractivity contribution in [3.63, 3.8) is 0 Å². The summed E-state index contributed by atoms with van der Waals surface area (Å²) >= 11 is 0. The van der Waals surface area contributed by atoms with E-state index in [9.17, 15) is 4.79 Å². The Morgan fingerprint density at radius 2 is 2.00 bits per heavy atom. The molecule has 0 aliphatic rings. The number of nitrogen functional groups attached to an aromatic ring is 1. The highest BCUT2D eigenvalue weighted by Gasteiger charge is 2.00. The summed E-state index contributed by atoms with van der Waals surface area (Å²) in [4.78, 5) is 10.2. The fourth-order valence-electron chi connectivity index (χ4n) is 1.00. The Balaban J connectivity index is 0.00000144. The molecule has 1 aromatic carbocycles. The van der Waals surface area contributed by atoms with E-state index in [2.05, 4.69) is 0 Å². The number of carboxylic acid groups (broad SMARTS) is 1. The molecule has 0 aliphatic carbocycles. The van der Waals surface area contributed by atoms with Crippen LogP contribution in [0.3, 0.4) is 0 Å². The Bertz CT molecular complexity index is 289. The van der Waals surface area contributed by atoms with Gasteiger partial charge in [0.25, 0.3) is 0 Å². The molecule has 0 fully saturated rings. The average molecular weight is 202 g/mol. The average Bonchev–Trinajstić information content (AvgIpc) is 2.03. The van der Waals surface area contributed by atoms with Crippen LogP contribution in [0.15, 0.2) is 24.3 Å². The van der Waals surface area contributed by atoms with Crippen LogP contribution in [0.4, 0.5) is 5.69 Å². The lowest BCUT2D eigenvalue weighted by atomic mass is 10.1. The molecule has 0 bridgehead atoms. The summed E-state index contributed by atoms with van der Waals surface area (Å²) in [5.41, 5.74) is 7.18. The molecule has 13 heavy (non-hydrogen) atoms. The van der Waals surface area contributed by atoms with Crippen LogP contribution in [0.25, 0.3) is 0 Å². The molecular weight excluding hydrogens is 190 g/mol. The van der Waals surface area contributed by atoms with Crippen molar-refractivity contribution in [2.75, 3.05) is 5.73 Å². The summed E-state index contributed by atoms with van der Waals surface area (Å²) < 4.78 is 0. The fraction of sp³-hybridized carbons (Fsp3) is 0.222. The van der Waals surface area contributed by atoms with Crippen LogP contribution in [0.1, 0.15) is 12.0 Å². The monoisotopic (exact) mass is 201 g/mol. The molecule has 3 N–H and O–H groups in total. The lowest BCUT2D eigenvalue weighted by Gasteiger charge is -2.01. The number of aryl methyl sites for hydroxylation is 1. The Morgan fingerprint density at radius 3 is 2.54 bits per heavy atom. The van der Waals surface area contributed by atoms with Gasteiger partial charge in [-0.25, -0.2) is 0 Å². The molecule has 0 spiro atoms. The van der Waals surface area contributed by atoms with E-state index in [4.69, 9.17) is 10.8 Å². The van der Waals surface area contributed by atoms with Crippen molar-refractivity contribution in [1.82, 2.24) is 0 Å². The Labute approximate surface area is 83.0 Å². The number of carbonyl (C=O) groups is 1. The van der Waals surface area contributed by atoms with Gasteiger partial charge in [0.15, 0.2) is 0 Å². The molecular formula is C9H12ClNO2. The van der Waals surface area contributed by atoms with Crippen molar-refractivity contribution in [3.8, 4) is 0 Å². The third-order valence-electron chi connectivity index (χ3n) is 1.66. The van der Waals surface area contributed by atoms with Crippen LogP contribution < -0.4 is 5.73 Å². The van der Waals surface area contributed by atoms with E-state index in [0.29, 0.717) is 12.1 Å². The Hall–Kier alpha value is -1.22. The van der Waals surface area contributed by atoms with Crippen LogP contribution in [-0.4, -0.2) is 11.1 Å². The molecule has 1 aromatic rings. The largest absolute Gasteiger partial charge is 0.481 e. The number of rotatable bonds is 3. The molecule has 3 nitrogen and oxygen atoms in total. The van der Waals surface area contributed by atoms with E-state index >= 15 is 0 Å². The van der Waals surface area contributed by atoms with Crippen molar-refractivity contribution < 1.29 is 9.90 Å². The maximum Gasteiger partial charge on any atom is 0.303 e. The minimum atomic E-state index is -0.793. The minimum absolute atomic E-state index is 0. The lowest BCUT2D eigenvalue weighted by molar-refractivity contribution is -0.136. The maximum absolute atomic E-state index is 10.2. The molecule has 0 unspecified atom stereocenters. The third kappa shape index (κ3) is 3.80. The van der Waals surface area contributed by atoms with E-state index in [1.807, 2.05) is 18.2 Å². The van der Waals surface area contributed by atoms with Crippen molar-refractivity contribution >= 4 is 24.1 Å². The van der Waals surface area contributed by atoms with Gasteiger partial charge in [0.2, 0.25) is 0 Å². The summed E-state index contributed by atoms with van der Waals surface area (Å²) in [6.07, 6.45) is 0.635. The van der Waals surface area contributed by atoms with Crippen molar-refractivity contribution in [2.24, 2.45) is 0 Å². The third-order valence-corrected chi connectivity index (χ3v) is 1.66. The first-order chi connectivity index (χ1) is 5.70. The standard InChI is InChI=1S/C9H11NO2.ClH/c10-8-4-2-1-3-7(8)5-6-9(11)12;/h1-4H,5-6,10H2,(H,11,12);1H. The van der Waals surface area contributed by atoms with Crippen molar-refractivity contribution in [3.05, 3.63) is 29.8 Å². The number of carboxylic acids is 1. The van der Waals surface area contributed by atoms with Gasteiger partial charge < -0.3 is 10.8 Å². The highest BCUT2D eigenvalue weighted by Crippen LogP contribution is 2.12. The van der Waals surface area contributed by atoms with E-state index in [1.165, 1.54) is 0 Å². The second kappa shape index (κ2) is 5.43. The van der Waals surface area contributed by atoms with E-state index < -0.39 is 5.97 Å². The molecule has 1 rings (SSSR count). The lowest BCUT2D eigenvalue weighted by Crippen LogP contribution is -2.00. The molecule has 72 valence electrons. The van der Waals surface area contributed by atoms with Crippen LogP contribution in [0.5, 0.6) is 0 Å². The summed E-state index contributed by atoms with van der Waals surface area (Å²) in [5, 5.41) is 8.42. The molecule has 0 heterocycles. The SMILES string of the molecule is Cl.Nc1ccccc1CCC(=O)O. The number of nitrogens with two attached hydrogens (primary N) is 1. The zero-order valence-electron chi connectivity index (χ0n) is 7.06. The molecule has 0 atom stereocenters. The number of aliphatic carboxylic acids is 1. The number of anilines is 1. The summed E-state index contributed by atoms with van der Waals surface area (Å²) in [6, 6.07) is 7.31.